The van der Waals surface area contributed by atoms with Gasteiger partial charge in [0.2, 0.25) is 0 Å². The molecule has 0 N–H and O–H groups in total. The Hall–Kier alpha value is -2.19. The van der Waals surface area contributed by atoms with Crippen LogP contribution in [0.15, 0.2) is 40.9 Å². The van der Waals surface area contributed by atoms with Crippen LogP contribution < -0.4 is 4.74 Å². The molecule has 0 unspecified atom stereocenters. The van der Waals surface area contributed by atoms with Crippen LogP contribution in [0.5, 0.6) is 5.75 Å². The fraction of sp³-hybridized carbons (Fsp3) is 0.125. The molecule has 3 nitrogen and oxygen atoms in total. The van der Waals surface area contributed by atoms with Gasteiger partial charge in [0.25, 0.3) is 0 Å². The number of hydrogen-bond donors (Lipinski definition) is 0. The first-order valence-electron chi connectivity index (χ1n) is 6.12. The van der Waals surface area contributed by atoms with E-state index in [0.29, 0.717) is 16.9 Å². The summed E-state index contributed by atoms with van der Waals surface area (Å²) in [7, 11) is 0. The first kappa shape index (κ1) is 15.2. The minimum atomic E-state index is -0.491. The summed E-state index contributed by atoms with van der Waals surface area (Å²) in [5.41, 5.74) is 1.21. The summed E-state index contributed by atoms with van der Waals surface area (Å²) in [6, 6.07) is 11.0. The molecule has 0 aliphatic carbocycles. The number of ether oxygens (including phenoxy) is 1. The average Bonchev–Trinajstić information content (AvgIpc) is 2.45. The van der Waals surface area contributed by atoms with Crippen LogP contribution in [-0.4, -0.2) is 5.78 Å². The standard InChI is InChI=1S/C16H11BrFNO2/c1-10(20)15-7-13(17)2-3-16(15)21-9-12-4-11(8-19)5-14(18)6-12/h2-7H,9H2,1H3. The van der Waals surface area contributed by atoms with E-state index in [4.69, 9.17) is 10.00 Å². The van der Waals surface area contributed by atoms with Crippen LogP contribution in [-0.2, 0) is 6.61 Å². The van der Waals surface area contributed by atoms with Crippen molar-refractivity contribution in [1.82, 2.24) is 0 Å². The Labute approximate surface area is 130 Å². The maximum absolute atomic E-state index is 13.3. The van der Waals surface area contributed by atoms with E-state index >= 15 is 0 Å². The highest BCUT2D eigenvalue weighted by molar-refractivity contribution is 9.10. The third-order valence-electron chi connectivity index (χ3n) is 2.80. The Morgan fingerprint density at radius 3 is 2.76 bits per heavy atom. The van der Waals surface area contributed by atoms with Gasteiger partial charge < -0.3 is 4.74 Å². The number of benzene rings is 2. The number of halogens is 2. The molecule has 21 heavy (non-hydrogen) atoms. The molecule has 0 saturated carbocycles. The number of rotatable bonds is 4. The van der Waals surface area contributed by atoms with E-state index in [1.165, 1.54) is 13.0 Å². The van der Waals surface area contributed by atoms with Crippen molar-refractivity contribution in [3.8, 4) is 11.8 Å². The summed E-state index contributed by atoms with van der Waals surface area (Å²) in [5, 5.41) is 8.81. The Balaban J connectivity index is 2.23. The number of nitrogens with zero attached hydrogens (tertiary/aromatic N) is 1. The Morgan fingerprint density at radius 1 is 1.33 bits per heavy atom. The van der Waals surface area contributed by atoms with Gasteiger partial charge in [0.05, 0.1) is 17.2 Å². The number of Topliss-reactive ketones (excluding diaryl/α,β-unsaturated/α-hetero) is 1. The fourth-order valence-corrected chi connectivity index (χ4v) is 2.22. The van der Waals surface area contributed by atoms with Crippen LogP contribution in [0.3, 0.4) is 0 Å². The molecule has 0 spiro atoms. The van der Waals surface area contributed by atoms with Crippen molar-refractivity contribution in [3.63, 3.8) is 0 Å². The van der Waals surface area contributed by atoms with Gasteiger partial charge in [-0.25, -0.2) is 4.39 Å². The molecule has 0 aliphatic rings. The lowest BCUT2D eigenvalue weighted by atomic mass is 10.1. The summed E-state index contributed by atoms with van der Waals surface area (Å²) >= 11 is 3.30. The highest BCUT2D eigenvalue weighted by Crippen LogP contribution is 2.24. The van der Waals surface area contributed by atoms with Crippen LogP contribution in [0.1, 0.15) is 28.4 Å². The van der Waals surface area contributed by atoms with E-state index in [-0.39, 0.29) is 18.0 Å². The molecule has 2 aromatic rings. The molecular formula is C16H11BrFNO2. The van der Waals surface area contributed by atoms with Crippen molar-refractivity contribution in [2.24, 2.45) is 0 Å². The summed E-state index contributed by atoms with van der Waals surface area (Å²) in [6.45, 7) is 1.53. The second kappa shape index (κ2) is 6.51. The van der Waals surface area contributed by atoms with Crippen LogP contribution in [0.25, 0.3) is 0 Å². The second-order valence-electron chi connectivity index (χ2n) is 4.45. The van der Waals surface area contributed by atoms with E-state index in [1.54, 1.807) is 24.3 Å². The first-order chi connectivity index (χ1) is 9.99. The second-order valence-corrected chi connectivity index (χ2v) is 5.36. The summed E-state index contributed by atoms with van der Waals surface area (Å²) in [6.07, 6.45) is 0. The molecule has 0 fully saturated rings. The lowest BCUT2D eigenvalue weighted by molar-refractivity contribution is 0.101. The molecule has 0 heterocycles. The Kier molecular flexibility index (Phi) is 4.71. The van der Waals surface area contributed by atoms with Gasteiger partial charge in [0, 0.05) is 4.47 Å². The van der Waals surface area contributed by atoms with E-state index in [9.17, 15) is 9.18 Å². The molecule has 0 atom stereocenters. The molecule has 5 heteroatoms. The zero-order chi connectivity index (χ0) is 15.4. The molecule has 0 saturated heterocycles. The van der Waals surface area contributed by atoms with E-state index < -0.39 is 5.82 Å². The third-order valence-corrected chi connectivity index (χ3v) is 3.30. The van der Waals surface area contributed by atoms with Crippen molar-refractivity contribution in [3.05, 3.63) is 63.4 Å². The number of hydrogen-bond acceptors (Lipinski definition) is 3. The van der Waals surface area contributed by atoms with Gasteiger partial charge in [0.15, 0.2) is 5.78 Å². The molecular weight excluding hydrogens is 337 g/mol. The van der Waals surface area contributed by atoms with E-state index in [1.807, 2.05) is 6.07 Å². The maximum Gasteiger partial charge on any atom is 0.163 e. The van der Waals surface area contributed by atoms with Crippen molar-refractivity contribution < 1.29 is 13.9 Å². The Morgan fingerprint density at radius 2 is 2.10 bits per heavy atom. The largest absolute Gasteiger partial charge is 0.488 e. The molecule has 0 radical (unpaired) electrons. The average molecular weight is 348 g/mol. The SMILES string of the molecule is CC(=O)c1cc(Br)ccc1OCc1cc(F)cc(C#N)c1. The van der Waals surface area contributed by atoms with Crippen LogP contribution in [0, 0.1) is 17.1 Å². The highest BCUT2D eigenvalue weighted by atomic mass is 79.9. The topological polar surface area (TPSA) is 50.1 Å². The normalized spacial score (nSPS) is 10.0. The van der Waals surface area contributed by atoms with Crippen LogP contribution in [0.2, 0.25) is 0 Å². The highest BCUT2D eigenvalue weighted by Gasteiger charge is 2.10. The van der Waals surface area contributed by atoms with Crippen LogP contribution in [0.4, 0.5) is 4.39 Å². The van der Waals surface area contributed by atoms with Gasteiger partial charge in [0.1, 0.15) is 18.2 Å². The van der Waals surface area contributed by atoms with Gasteiger partial charge >= 0.3 is 0 Å². The number of nitriles is 1. The lowest BCUT2D eigenvalue weighted by Crippen LogP contribution is -2.02. The van der Waals surface area contributed by atoms with Crippen LogP contribution >= 0.6 is 15.9 Å². The van der Waals surface area contributed by atoms with Gasteiger partial charge in [-0.1, -0.05) is 15.9 Å². The first-order valence-corrected chi connectivity index (χ1v) is 6.92. The van der Waals surface area contributed by atoms with Gasteiger partial charge in [-0.15, -0.1) is 0 Å². The Bertz CT molecular complexity index is 738. The zero-order valence-corrected chi connectivity index (χ0v) is 12.8. The smallest absolute Gasteiger partial charge is 0.163 e. The molecule has 0 amide bonds. The molecule has 0 aromatic heterocycles. The lowest BCUT2D eigenvalue weighted by Gasteiger charge is -2.10. The predicted molar refractivity (Wildman–Crippen MR) is 79.6 cm³/mol. The van der Waals surface area contributed by atoms with Crippen molar-refractivity contribution >= 4 is 21.7 Å². The number of ketones is 1. The third kappa shape index (κ3) is 3.89. The number of carbonyl (C=O) groups excluding carboxylic acids is 1. The quantitative estimate of drug-likeness (QED) is 0.777. The van der Waals surface area contributed by atoms with E-state index in [2.05, 4.69) is 15.9 Å². The van der Waals surface area contributed by atoms with Gasteiger partial charge in [-0.2, -0.15) is 5.26 Å². The fourth-order valence-electron chi connectivity index (χ4n) is 1.86. The summed E-state index contributed by atoms with van der Waals surface area (Å²) in [5.74, 6) is -0.188. The predicted octanol–water partition coefficient (Wildman–Crippen LogP) is 4.24. The van der Waals surface area contributed by atoms with Crippen molar-refractivity contribution in [2.45, 2.75) is 13.5 Å². The minimum Gasteiger partial charge on any atom is -0.488 e. The summed E-state index contributed by atoms with van der Waals surface area (Å²) in [4.78, 5) is 11.6. The zero-order valence-electron chi connectivity index (χ0n) is 11.2. The molecule has 2 aromatic carbocycles. The molecule has 106 valence electrons. The van der Waals surface area contributed by atoms with Crippen molar-refractivity contribution in [2.75, 3.05) is 0 Å². The molecule has 2 rings (SSSR count). The van der Waals surface area contributed by atoms with E-state index in [0.717, 1.165) is 10.5 Å². The maximum atomic E-state index is 13.3. The molecule has 0 aliphatic heterocycles. The van der Waals surface area contributed by atoms with Gasteiger partial charge in [-0.05, 0) is 48.9 Å². The van der Waals surface area contributed by atoms with Crippen molar-refractivity contribution in [1.29, 1.82) is 5.26 Å². The monoisotopic (exact) mass is 347 g/mol. The van der Waals surface area contributed by atoms with Gasteiger partial charge in [-0.3, -0.25) is 4.79 Å². The minimum absolute atomic E-state index is 0.0777. The molecule has 0 bridgehead atoms. The summed E-state index contributed by atoms with van der Waals surface area (Å²) < 4.78 is 19.7. The number of carbonyl (C=O) groups is 1.